The first-order valence-electron chi connectivity index (χ1n) is 6.24. The monoisotopic (exact) mass is 227 g/mol. The second kappa shape index (κ2) is 3.42. The highest BCUT2D eigenvalue weighted by Gasteiger charge is 2.65. The Hall–Kier alpha value is -0.160. The molecule has 4 heteroatoms. The summed E-state index contributed by atoms with van der Waals surface area (Å²) >= 11 is 0. The summed E-state index contributed by atoms with van der Waals surface area (Å²) in [6.45, 7) is 0.529. The van der Waals surface area contributed by atoms with E-state index in [-0.39, 0.29) is 17.6 Å². The van der Waals surface area contributed by atoms with Gasteiger partial charge in [-0.25, -0.2) is 0 Å². The smallest absolute Gasteiger partial charge is 0.0791 e. The molecule has 0 aromatic carbocycles. The lowest BCUT2D eigenvalue weighted by Crippen LogP contribution is -2.65. The van der Waals surface area contributed by atoms with Crippen molar-refractivity contribution in [3.05, 3.63) is 0 Å². The van der Waals surface area contributed by atoms with Crippen molar-refractivity contribution in [2.24, 2.45) is 11.1 Å². The maximum atomic E-state index is 10.7. The minimum atomic E-state index is -0.651. The van der Waals surface area contributed by atoms with E-state index < -0.39 is 5.60 Å². The van der Waals surface area contributed by atoms with Crippen LogP contribution in [-0.4, -0.2) is 42.7 Å². The van der Waals surface area contributed by atoms with Gasteiger partial charge in [0.2, 0.25) is 0 Å². The number of rotatable bonds is 3. The van der Waals surface area contributed by atoms with Gasteiger partial charge in [0.05, 0.1) is 23.9 Å². The molecule has 16 heavy (non-hydrogen) atoms. The van der Waals surface area contributed by atoms with Crippen molar-refractivity contribution < 1.29 is 14.6 Å². The zero-order chi connectivity index (χ0) is 11.4. The van der Waals surface area contributed by atoms with Crippen LogP contribution in [0, 0.1) is 5.41 Å². The molecule has 2 aliphatic heterocycles. The third-order valence-corrected chi connectivity index (χ3v) is 5.07. The molecule has 1 saturated carbocycles. The fourth-order valence-electron chi connectivity index (χ4n) is 3.96. The molecule has 3 unspecified atom stereocenters. The van der Waals surface area contributed by atoms with Crippen molar-refractivity contribution in [1.82, 2.24) is 0 Å². The zero-order valence-corrected chi connectivity index (χ0v) is 9.82. The molecule has 3 fully saturated rings. The van der Waals surface area contributed by atoms with E-state index in [0.717, 1.165) is 19.3 Å². The average Bonchev–Trinajstić information content (AvgIpc) is 2.84. The van der Waals surface area contributed by atoms with Crippen LogP contribution in [0.25, 0.3) is 0 Å². The summed E-state index contributed by atoms with van der Waals surface area (Å²) < 4.78 is 11.2. The first-order chi connectivity index (χ1) is 7.63. The van der Waals surface area contributed by atoms with Gasteiger partial charge in [0, 0.05) is 31.9 Å². The van der Waals surface area contributed by atoms with Gasteiger partial charge in [-0.2, -0.15) is 0 Å². The maximum absolute atomic E-state index is 10.7. The van der Waals surface area contributed by atoms with Crippen molar-refractivity contribution in [2.45, 2.75) is 56.0 Å². The lowest BCUT2D eigenvalue weighted by Gasteiger charge is -2.55. The van der Waals surface area contributed by atoms with Crippen LogP contribution in [0.3, 0.4) is 0 Å². The average molecular weight is 227 g/mol. The van der Waals surface area contributed by atoms with Gasteiger partial charge < -0.3 is 20.3 Å². The summed E-state index contributed by atoms with van der Waals surface area (Å²) in [5.41, 5.74) is 5.10. The lowest BCUT2D eigenvalue weighted by molar-refractivity contribution is -0.207. The van der Waals surface area contributed by atoms with E-state index in [9.17, 15) is 5.11 Å². The van der Waals surface area contributed by atoms with Crippen molar-refractivity contribution >= 4 is 0 Å². The Morgan fingerprint density at radius 2 is 2.12 bits per heavy atom. The number of hydrogen-bond acceptors (Lipinski definition) is 4. The van der Waals surface area contributed by atoms with Crippen LogP contribution < -0.4 is 5.73 Å². The van der Waals surface area contributed by atoms with Gasteiger partial charge in [0.15, 0.2) is 0 Å². The van der Waals surface area contributed by atoms with Gasteiger partial charge in [-0.3, -0.25) is 0 Å². The van der Waals surface area contributed by atoms with E-state index in [2.05, 4.69) is 0 Å². The minimum absolute atomic E-state index is 0.172. The second-order valence-corrected chi connectivity index (χ2v) is 5.69. The third-order valence-electron chi connectivity index (χ3n) is 5.07. The second-order valence-electron chi connectivity index (χ2n) is 5.69. The SMILES string of the molecule is COC1CC(O)(C2(CN)CC3CCC2O3)C1. The Balaban J connectivity index is 1.81. The Labute approximate surface area is 96.1 Å². The zero-order valence-electron chi connectivity index (χ0n) is 9.82. The van der Waals surface area contributed by atoms with Crippen molar-refractivity contribution in [2.75, 3.05) is 13.7 Å². The van der Waals surface area contributed by atoms with Gasteiger partial charge in [-0.1, -0.05) is 0 Å². The molecule has 2 bridgehead atoms. The van der Waals surface area contributed by atoms with Crippen LogP contribution in [0.1, 0.15) is 32.1 Å². The van der Waals surface area contributed by atoms with Crippen LogP contribution in [0.15, 0.2) is 0 Å². The van der Waals surface area contributed by atoms with Crippen molar-refractivity contribution in [3.63, 3.8) is 0 Å². The van der Waals surface area contributed by atoms with Gasteiger partial charge in [0.1, 0.15) is 0 Å². The predicted octanol–water partition coefficient (Wildman–Crippen LogP) is 0.423. The molecule has 0 aromatic heterocycles. The molecule has 3 N–H and O–H groups in total. The summed E-state index contributed by atoms with van der Waals surface area (Å²) in [4.78, 5) is 0. The normalized spacial score (nSPS) is 55.3. The largest absolute Gasteiger partial charge is 0.389 e. The fraction of sp³-hybridized carbons (Fsp3) is 1.00. The summed E-state index contributed by atoms with van der Waals surface area (Å²) in [6, 6.07) is 0. The number of fused-ring (bicyclic) bond motifs is 2. The standard InChI is InChI=1S/C12H21NO3/c1-15-9-5-12(14,6-9)11(7-13)4-8-2-3-10(11)16-8/h8-10,14H,2-7,13H2,1H3. The van der Waals surface area contributed by atoms with Crippen molar-refractivity contribution in [1.29, 1.82) is 0 Å². The molecule has 0 spiro atoms. The maximum Gasteiger partial charge on any atom is 0.0791 e. The van der Waals surface area contributed by atoms with E-state index in [0.29, 0.717) is 25.5 Å². The lowest BCUT2D eigenvalue weighted by atomic mass is 9.54. The van der Waals surface area contributed by atoms with Crippen molar-refractivity contribution in [3.8, 4) is 0 Å². The Bertz CT molecular complexity index is 290. The molecule has 3 atom stereocenters. The van der Waals surface area contributed by atoms with Crippen LogP contribution in [0.2, 0.25) is 0 Å². The predicted molar refractivity (Wildman–Crippen MR) is 59.0 cm³/mol. The van der Waals surface area contributed by atoms with E-state index in [1.807, 2.05) is 0 Å². The van der Waals surface area contributed by atoms with E-state index >= 15 is 0 Å². The Morgan fingerprint density at radius 3 is 2.56 bits per heavy atom. The molecule has 3 aliphatic rings. The minimum Gasteiger partial charge on any atom is -0.389 e. The number of nitrogens with two attached hydrogens (primary N) is 1. The summed E-state index contributed by atoms with van der Waals surface area (Å²) in [5, 5.41) is 10.7. The first-order valence-corrected chi connectivity index (χ1v) is 6.24. The number of methoxy groups -OCH3 is 1. The number of ether oxygens (including phenoxy) is 2. The van der Waals surface area contributed by atoms with Crippen LogP contribution in [0.4, 0.5) is 0 Å². The van der Waals surface area contributed by atoms with E-state index in [1.54, 1.807) is 7.11 Å². The van der Waals surface area contributed by atoms with Crippen LogP contribution >= 0.6 is 0 Å². The fourth-order valence-corrected chi connectivity index (χ4v) is 3.96. The molecule has 3 rings (SSSR count). The molecule has 0 amide bonds. The first kappa shape index (κ1) is 11.0. The molecule has 2 saturated heterocycles. The van der Waals surface area contributed by atoms with Gasteiger partial charge in [0.25, 0.3) is 0 Å². The van der Waals surface area contributed by atoms with Gasteiger partial charge in [-0.15, -0.1) is 0 Å². The van der Waals surface area contributed by atoms with Gasteiger partial charge >= 0.3 is 0 Å². The summed E-state index contributed by atoms with van der Waals surface area (Å²) in [6.07, 6.45) is 5.26. The molecule has 4 nitrogen and oxygen atoms in total. The highest BCUT2D eigenvalue weighted by atomic mass is 16.5. The Morgan fingerprint density at radius 1 is 1.38 bits per heavy atom. The number of hydrogen-bond donors (Lipinski definition) is 2. The van der Waals surface area contributed by atoms with E-state index in [1.165, 1.54) is 0 Å². The van der Waals surface area contributed by atoms with Gasteiger partial charge in [-0.05, 0) is 19.3 Å². The molecule has 1 aliphatic carbocycles. The van der Waals surface area contributed by atoms with Crippen LogP contribution in [-0.2, 0) is 9.47 Å². The molecular weight excluding hydrogens is 206 g/mol. The summed E-state index contributed by atoms with van der Waals surface area (Å²) in [5.74, 6) is 0. The summed E-state index contributed by atoms with van der Waals surface area (Å²) in [7, 11) is 1.71. The topological polar surface area (TPSA) is 64.7 Å². The molecule has 0 radical (unpaired) electrons. The molecular formula is C12H21NO3. The highest BCUT2D eigenvalue weighted by molar-refractivity contribution is 5.16. The van der Waals surface area contributed by atoms with Crippen LogP contribution in [0.5, 0.6) is 0 Å². The molecule has 2 heterocycles. The van der Waals surface area contributed by atoms with E-state index in [4.69, 9.17) is 15.2 Å². The molecule has 92 valence electrons. The molecule has 0 aromatic rings. The quantitative estimate of drug-likeness (QED) is 0.733. The highest BCUT2D eigenvalue weighted by Crippen LogP contribution is 2.59. The third kappa shape index (κ3) is 1.19. The Kier molecular flexibility index (Phi) is 2.34. The number of aliphatic hydroxyl groups is 1.